The third-order valence-corrected chi connectivity index (χ3v) is 2.55. The Bertz CT molecular complexity index is 273. The van der Waals surface area contributed by atoms with E-state index >= 15 is 0 Å². The lowest BCUT2D eigenvalue weighted by molar-refractivity contribution is -0.160. The zero-order valence-electron chi connectivity index (χ0n) is 11.2. The molecule has 2 unspecified atom stereocenters. The Kier molecular flexibility index (Phi) is 6.53. The molecule has 4 nitrogen and oxygen atoms in total. The number of alkyl halides is 1. The Morgan fingerprint density at radius 2 is 1.88 bits per heavy atom. The van der Waals surface area contributed by atoms with Gasteiger partial charge in [-0.05, 0) is 26.7 Å². The van der Waals surface area contributed by atoms with Crippen molar-refractivity contribution in [3.05, 3.63) is 0 Å². The molecule has 0 fully saturated rings. The molecule has 0 heterocycles. The van der Waals surface area contributed by atoms with Crippen molar-refractivity contribution in [2.24, 2.45) is 5.92 Å². The van der Waals surface area contributed by atoms with Gasteiger partial charge in [-0.25, -0.2) is 4.79 Å². The zero-order chi connectivity index (χ0) is 13.6. The summed E-state index contributed by atoms with van der Waals surface area (Å²) in [5, 5.41) is 2.59. The molecule has 0 bridgehead atoms. The number of nitrogens with one attached hydrogen (secondary N) is 1. The highest BCUT2D eigenvalue weighted by Crippen LogP contribution is 2.14. The molecule has 0 radical (unpaired) electrons. The Balaban J connectivity index is 4.68. The molecule has 0 spiro atoms. The van der Waals surface area contributed by atoms with Gasteiger partial charge in [0.15, 0.2) is 0 Å². The van der Waals surface area contributed by atoms with Gasteiger partial charge in [-0.1, -0.05) is 20.3 Å². The van der Waals surface area contributed by atoms with E-state index in [0.717, 1.165) is 6.42 Å². The van der Waals surface area contributed by atoms with Crippen molar-refractivity contribution < 1.29 is 14.3 Å². The predicted octanol–water partition coefficient (Wildman–Crippen LogP) is 2.10. The van der Waals surface area contributed by atoms with Crippen LogP contribution < -0.4 is 5.32 Å². The molecule has 0 saturated carbocycles. The standard InChI is InChI=1S/C12H22ClNO3/c1-6-8(2)10(14-9(15)7-13)11(16)17-12(3,4)5/h8,10H,6-7H2,1-5H3,(H,14,15). The van der Waals surface area contributed by atoms with E-state index in [1.807, 2.05) is 13.8 Å². The number of ether oxygens (including phenoxy) is 1. The maximum atomic E-state index is 11.9. The number of halogens is 1. The molecule has 0 aliphatic carbocycles. The van der Waals surface area contributed by atoms with E-state index in [-0.39, 0.29) is 17.7 Å². The maximum Gasteiger partial charge on any atom is 0.329 e. The van der Waals surface area contributed by atoms with E-state index < -0.39 is 17.6 Å². The van der Waals surface area contributed by atoms with E-state index in [2.05, 4.69) is 5.32 Å². The number of hydrogen-bond acceptors (Lipinski definition) is 3. The quantitative estimate of drug-likeness (QED) is 0.610. The average molecular weight is 264 g/mol. The molecule has 100 valence electrons. The average Bonchev–Trinajstić information content (AvgIpc) is 2.21. The monoisotopic (exact) mass is 263 g/mol. The molecule has 1 N–H and O–H groups in total. The highest BCUT2D eigenvalue weighted by molar-refractivity contribution is 6.27. The lowest BCUT2D eigenvalue weighted by Crippen LogP contribution is -2.48. The van der Waals surface area contributed by atoms with Gasteiger partial charge in [0.2, 0.25) is 5.91 Å². The largest absolute Gasteiger partial charge is 0.458 e. The third kappa shape index (κ3) is 6.51. The summed E-state index contributed by atoms with van der Waals surface area (Å²) in [5.41, 5.74) is -0.561. The summed E-state index contributed by atoms with van der Waals surface area (Å²) >= 11 is 5.42. The number of amides is 1. The van der Waals surface area contributed by atoms with Gasteiger partial charge in [-0.3, -0.25) is 4.79 Å². The van der Waals surface area contributed by atoms with Gasteiger partial charge in [0.1, 0.15) is 17.5 Å². The lowest BCUT2D eigenvalue weighted by atomic mass is 9.99. The minimum atomic E-state index is -0.634. The van der Waals surface area contributed by atoms with Crippen molar-refractivity contribution in [2.45, 2.75) is 52.7 Å². The van der Waals surface area contributed by atoms with Crippen molar-refractivity contribution in [3.8, 4) is 0 Å². The summed E-state index contributed by atoms with van der Waals surface area (Å²) in [7, 11) is 0. The number of carbonyl (C=O) groups excluding carboxylic acids is 2. The van der Waals surface area contributed by atoms with Crippen LogP contribution in [0.1, 0.15) is 41.0 Å². The Morgan fingerprint density at radius 1 is 1.35 bits per heavy atom. The first kappa shape index (κ1) is 16.2. The van der Waals surface area contributed by atoms with E-state index in [9.17, 15) is 9.59 Å². The minimum absolute atomic E-state index is 0.0111. The summed E-state index contributed by atoms with van der Waals surface area (Å²) < 4.78 is 5.27. The molecule has 0 aliphatic heterocycles. The molecule has 17 heavy (non-hydrogen) atoms. The van der Waals surface area contributed by atoms with Gasteiger partial charge in [-0.2, -0.15) is 0 Å². The van der Waals surface area contributed by atoms with Crippen LogP contribution in [0.2, 0.25) is 0 Å². The lowest BCUT2D eigenvalue weighted by Gasteiger charge is -2.27. The second kappa shape index (κ2) is 6.84. The maximum absolute atomic E-state index is 11.9. The molecule has 5 heteroatoms. The highest BCUT2D eigenvalue weighted by atomic mass is 35.5. The molecule has 0 aliphatic rings. The van der Waals surface area contributed by atoms with Crippen LogP contribution in [0.25, 0.3) is 0 Å². The zero-order valence-corrected chi connectivity index (χ0v) is 11.9. The number of carbonyl (C=O) groups is 2. The molecule has 2 atom stereocenters. The minimum Gasteiger partial charge on any atom is -0.458 e. The summed E-state index contributed by atoms with van der Waals surface area (Å²) in [6.07, 6.45) is 0.770. The molecule has 0 aromatic carbocycles. The Hall–Kier alpha value is -0.770. The molecule has 0 rings (SSSR count). The van der Waals surface area contributed by atoms with Gasteiger partial charge in [-0.15, -0.1) is 11.6 Å². The van der Waals surface area contributed by atoms with E-state index in [4.69, 9.17) is 16.3 Å². The number of esters is 1. The van der Waals surface area contributed by atoms with Crippen molar-refractivity contribution in [1.82, 2.24) is 5.32 Å². The second-order valence-electron chi connectivity index (χ2n) is 5.10. The number of hydrogen-bond donors (Lipinski definition) is 1. The normalized spacial score (nSPS) is 14.9. The fraction of sp³-hybridized carbons (Fsp3) is 0.833. The van der Waals surface area contributed by atoms with E-state index in [1.165, 1.54) is 0 Å². The third-order valence-electron chi connectivity index (χ3n) is 2.31. The number of rotatable bonds is 5. The van der Waals surface area contributed by atoms with Crippen molar-refractivity contribution >= 4 is 23.5 Å². The molecule has 0 saturated heterocycles. The van der Waals surface area contributed by atoms with Crippen LogP contribution in [-0.4, -0.2) is 29.4 Å². The van der Waals surface area contributed by atoms with Crippen LogP contribution in [0.3, 0.4) is 0 Å². The van der Waals surface area contributed by atoms with Gasteiger partial charge >= 0.3 is 5.97 Å². The Morgan fingerprint density at radius 3 is 2.24 bits per heavy atom. The van der Waals surface area contributed by atoms with Crippen molar-refractivity contribution in [3.63, 3.8) is 0 Å². The van der Waals surface area contributed by atoms with Crippen LogP contribution in [0, 0.1) is 5.92 Å². The highest BCUT2D eigenvalue weighted by Gasteiger charge is 2.30. The van der Waals surface area contributed by atoms with Crippen LogP contribution in [0.5, 0.6) is 0 Å². The van der Waals surface area contributed by atoms with E-state index in [1.54, 1.807) is 20.8 Å². The predicted molar refractivity (Wildman–Crippen MR) is 68.0 cm³/mol. The first-order valence-electron chi connectivity index (χ1n) is 5.79. The van der Waals surface area contributed by atoms with Gasteiger partial charge in [0, 0.05) is 0 Å². The summed E-state index contributed by atoms with van der Waals surface area (Å²) in [5.74, 6) is -0.916. The molecule has 1 amide bonds. The first-order valence-corrected chi connectivity index (χ1v) is 6.33. The SMILES string of the molecule is CCC(C)C(NC(=O)CCl)C(=O)OC(C)(C)C. The van der Waals surface area contributed by atoms with E-state index in [0.29, 0.717) is 0 Å². The van der Waals surface area contributed by atoms with Crippen LogP contribution >= 0.6 is 11.6 Å². The first-order chi connectivity index (χ1) is 7.71. The summed E-state index contributed by atoms with van der Waals surface area (Å²) in [6, 6.07) is -0.634. The molecule has 0 aromatic heterocycles. The smallest absolute Gasteiger partial charge is 0.329 e. The summed E-state index contributed by atoms with van der Waals surface area (Å²) in [4.78, 5) is 23.2. The van der Waals surface area contributed by atoms with Crippen LogP contribution in [0.15, 0.2) is 0 Å². The van der Waals surface area contributed by atoms with Crippen LogP contribution in [0.4, 0.5) is 0 Å². The molecular weight excluding hydrogens is 242 g/mol. The van der Waals surface area contributed by atoms with Crippen molar-refractivity contribution in [2.75, 3.05) is 5.88 Å². The fourth-order valence-corrected chi connectivity index (χ4v) is 1.32. The molecule has 0 aromatic rings. The van der Waals surface area contributed by atoms with Gasteiger partial charge in [0.25, 0.3) is 0 Å². The Labute approximate surface area is 108 Å². The van der Waals surface area contributed by atoms with Gasteiger partial charge < -0.3 is 10.1 Å². The molecular formula is C12H22ClNO3. The summed E-state index contributed by atoms with van der Waals surface area (Å²) in [6.45, 7) is 9.23. The second-order valence-corrected chi connectivity index (χ2v) is 5.37. The fourth-order valence-electron chi connectivity index (χ4n) is 1.25. The van der Waals surface area contributed by atoms with Crippen molar-refractivity contribution in [1.29, 1.82) is 0 Å². The van der Waals surface area contributed by atoms with Gasteiger partial charge in [0.05, 0.1) is 0 Å². The van der Waals surface area contributed by atoms with Crippen LogP contribution in [-0.2, 0) is 14.3 Å². The topological polar surface area (TPSA) is 55.4 Å².